The predicted octanol–water partition coefficient (Wildman–Crippen LogP) is 4.76. The van der Waals surface area contributed by atoms with E-state index in [9.17, 15) is 13.2 Å². The fourth-order valence-electron chi connectivity index (χ4n) is 4.23. The van der Waals surface area contributed by atoms with E-state index >= 15 is 0 Å². The summed E-state index contributed by atoms with van der Waals surface area (Å²) in [6.07, 6.45) is 3.84. The molecule has 5 rings (SSSR count). The predicted molar refractivity (Wildman–Crippen MR) is 126 cm³/mol. The maximum atomic E-state index is 12.7. The summed E-state index contributed by atoms with van der Waals surface area (Å²) in [4.78, 5) is 12.5. The van der Waals surface area contributed by atoms with E-state index in [2.05, 4.69) is 5.32 Å². The molecule has 9 heteroatoms. The lowest BCUT2D eigenvalue weighted by molar-refractivity contribution is -0.0716. The minimum atomic E-state index is -4.11. The molecule has 1 aliphatic carbocycles. The zero-order valence-corrected chi connectivity index (χ0v) is 19.5. The number of benzene rings is 3. The van der Waals surface area contributed by atoms with Gasteiger partial charge in [0.2, 0.25) is 0 Å². The van der Waals surface area contributed by atoms with Crippen LogP contribution in [0.25, 0.3) is 0 Å². The first-order chi connectivity index (χ1) is 16.9. The van der Waals surface area contributed by atoms with Gasteiger partial charge < -0.3 is 14.8 Å². The monoisotopic (exact) mass is 490 g/mol. The van der Waals surface area contributed by atoms with Gasteiger partial charge in [-0.3, -0.25) is 8.98 Å². The Labute approximate surface area is 203 Å². The summed E-state index contributed by atoms with van der Waals surface area (Å²) in [5.41, 5.74) is 1.56. The second-order valence-corrected chi connectivity index (χ2v) is 10.0. The third kappa shape index (κ3) is 4.71. The van der Waals surface area contributed by atoms with E-state index in [1.807, 2.05) is 6.07 Å². The molecule has 1 saturated carbocycles. The number of anilines is 1. The average Bonchev–Trinajstić information content (AvgIpc) is 3.48. The number of ether oxygens (including phenoxy) is 2. The molecule has 2 aliphatic rings. The van der Waals surface area contributed by atoms with E-state index in [4.69, 9.17) is 18.9 Å². The molecule has 0 unspecified atom stereocenters. The summed E-state index contributed by atoms with van der Waals surface area (Å²) in [6, 6.07) is 19.4. The molecule has 0 bridgehead atoms. The average molecular weight is 491 g/mol. The van der Waals surface area contributed by atoms with Crippen LogP contribution in [0.1, 0.15) is 47.2 Å². The van der Waals surface area contributed by atoms with Gasteiger partial charge in [0.15, 0.2) is 11.5 Å². The van der Waals surface area contributed by atoms with Crippen LogP contribution in [0.5, 0.6) is 11.5 Å². The smallest absolute Gasteiger partial charge is 0.298 e. The summed E-state index contributed by atoms with van der Waals surface area (Å²) in [5.74, 6) is 0.424. The maximum absolute atomic E-state index is 12.7. The van der Waals surface area contributed by atoms with Crippen molar-refractivity contribution in [2.75, 3.05) is 5.32 Å². The minimum absolute atomic E-state index is 0.0152. The number of fused-ring (bicyclic) bond motifs is 1. The first-order valence-electron chi connectivity index (χ1n) is 11.2. The van der Waals surface area contributed by atoms with Crippen LogP contribution in [-0.4, -0.2) is 20.1 Å². The molecule has 0 saturated heterocycles. The summed E-state index contributed by atoms with van der Waals surface area (Å²) >= 11 is 0. The van der Waals surface area contributed by atoms with Gasteiger partial charge in [0.25, 0.3) is 21.8 Å². The van der Waals surface area contributed by atoms with Gasteiger partial charge in [-0.1, -0.05) is 24.3 Å². The van der Waals surface area contributed by atoms with Gasteiger partial charge in [0, 0.05) is 30.2 Å². The maximum Gasteiger partial charge on any atom is 0.298 e. The zero-order chi connectivity index (χ0) is 24.5. The first-order valence-corrected chi connectivity index (χ1v) is 12.6. The Balaban J connectivity index is 1.21. The van der Waals surface area contributed by atoms with Gasteiger partial charge in [-0.2, -0.15) is 13.7 Å². The number of hydrogen-bond donors (Lipinski definition) is 1. The Morgan fingerprint density at radius 3 is 2.46 bits per heavy atom. The molecule has 1 aliphatic heterocycles. The second-order valence-electron chi connectivity index (χ2n) is 8.46. The van der Waals surface area contributed by atoms with E-state index in [-0.39, 0.29) is 23.0 Å². The Kier molecular flexibility index (Phi) is 5.93. The SMILES string of the molecule is N#Cc1ccccc1S(=O)(=O)OCc1ccc(C(=O)Nc2ccc3c(c2)OC2(CCCC2)O3)cc1. The fraction of sp³-hybridized carbons (Fsp3) is 0.231. The molecule has 1 spiro atoms. The Hall–Kier alpha value is -3.87. The van der Waals surface area contributed by atoms with Crippen molar-refractivity contribution in [3.05, 3.63) is 83.4 Å². The number of carbonyl (C=O) groups excluding carboxylic acids is 1. The number of hydrogen-bond acceptors (Lipinski definition) is 7. The molecule has 1 amide bonds. The highest BCUT2D eigenvalue weighted by molar-refractivity contribution is 7.86. The summed E-state index contributed by atoms with van der Waals surface area (Å²) < 4.78 is 42.1. The molecule has 178 valence electrons. The Morgan fingerprint density at radius 1 is 1.00 bits per heavy atom. The molecular weight excluding hydrogens is 468 g/mol. The van der Waals surface area contributed by atoms with Crippen LogP contribution in [0.2, 0.25) is 0 Å². The number of rotatable bonds is 6. The molecule has 3 aromatic carbocycles. The van der Waals surface area contributed by atoms with Gasteiger partial charge in [-0.25, -0.2) is 0 Å². The van der Waals surface area contributed by atoms with Crippen molar-refractivity contribution in [1.82, 2.24) is 0 Å². The minimum Gasteiger partial charge on any atom is -0.448 e. The molecule has 8 nitrogen and oxygen atoms in total. The number of amides is 1. The van der Waals surface area contributed by atoms with Crippen LogP contribution in [-0.2, 0) is 20.9 Å². The van der Waals surface area contributed by atoms with Crippen LogP contribution >= 0.6 is 0 Å². The molecule has 1 fully saturated rings. The van der Waals surface area contributed by atoms with Gasteiger partial charge in [0.1, 0.15) is 11.0 Å². The first kappa shape index (κ1) is 22.9. The zero-order valence-electron chi connectivity index (χ0n) is 18.7. The van der Waals surface area contributed by atoms with Crippen molar-refractivity contribution in [1.29, 1.82) is 5.26 Å². The molecular formula is C26H22N2O6S. The number of nitriles is 1. The highest BCUT2D eigenvalue weighted by atomic mass is 32.2. The lowest BCUT2D eigenvalue weighted by Gasteiger charge is -2.21. The summed E-state index contributed by atoms with van der Waals surface area (Å²) in [5, 5.41) is 12.0. The van der Waals surface area contributed by atoms with Gasteiger partial charge in [-0.15, -0.1) is 0 Å². The van der Waals surface area contributed by atoms with Gasteiger partial charge >= 0.3 is 0 Å². The van der Waals surface area contributed by atoms with Crippen molar-refractivity contribution in [3.8, 4) is 17.6 Å². The van der Waals surface area contributed by atoms with E-state index in [0.29, 0.717) is 28.3 Å². The lowest BCUT2D eigenvalue weighted by Crippen LogP contribution is -2.34. The summed E-state index contributed by atoms with van der Waals surface area (Å²) in [6.45, 7) is -0.228. The highest BCUT2D eigenvalue weighted by Crippen LogP contribution is 2.47. The standard InChI is InChI=1S/C26H22N2O6S/c27-16-20-5-1-2-6-24(20)35(30,31)32-17-18-7-9-19(10-8-18)25(29)28-21-11-12-22-23(15-21)34-26(33-22)13-3-4-14-26/h1-2,5-12,15H,3-4,13-14,17H2,(H,28,29). The summed E-state index contributed by atoms with van der Waals surface area (Å²) in [7, 11) is -4.11. The number of carbonyl (C=O) groups is 1. The van der Waals surface area contributed by atoms with Crippen LogP contribution in [0.4, 0.5) is 5.69 Å². The topological polar surface area (TPSA) is 115 Å². The van der Waals surface area contributed by atoms with Gasteiger partial charge in [0.05, 0.1) is 12.2 Å². The normalized spacial score (nSPS) is 15.6. The third-order valence-electron chi connectivity index (χ3n) is 6.03. The van der Waals surface area contributed by atoms with Gasteiger partial charge in [-0.05, 0) is 54.8 Å². The third-order valence-corrected chi connectivity index (χ3v) is 7.36. The molecule has 0 radical (unpaired) electrons. The number of nitrogens with zero attached hydrogens (tertiary/aromatic N) is 1. The number of nitrogens with one attached hydrogen (secondary N) is 1. The van der Waals surface area contributed by atoms with E-state index in [1.165, 1.54) is 18.2 Å². The molecule has 1 heterocycles. The van der Waals surface area contributed by atoms with Crippen molar-refractivity contribution in [3.63, 3.8) is 0 Å². The van der Waals surface area contributed by atoms with Crippen LogP contribution in [0.3, 0.4) is 0 Å². The molecule has 0 atom stereocenters. The second kappa shape index (κ2) is 9.06. The molecule has 0 aromatic heterocycles. The van der Waals surface area contributed by atoms with E-state index in [1.54, 1.807) is 48.5 Å². The van der Waals surface area contributed by atoms with Crippen molar-refractivity contribution < 1.29 is 26.9 Å². The van der Waals surface area contributed by atoms with Crippen LogP contribution in [0.15, 0.2) is 71.6 Å². The van der Waals surface area contributed by atoms with Crippen LogP contribution in [0, 0.1) is 11.3 Å². The molecule has 1 N–H and O–H groups in total. The fourth-order valence-corrected chi connectivity index (χ4v) is 5.28. The Bertz CT molecular complexity index is 1420. The molecule has 3 aromatic rings. The largest absolute Gasteiger partial charge is 0.448 e. The highest BCUT2D eigenvalue weighted by Gasteiger charge is 2.44. The molecule has 35 heavy (non-hydrogen) atoms. The Morgan fingerprint density at radius 2 is 1.71 bits per heavy atom. The van der Waals surface area contributed by atoms with Crippen molar-refractivity contribution in [2.24, 2.45) is 0 Å². The van der Waals surface area contributed by atoms with Crippen molar-refractivity contribution in [2.45, 2.75) is 43.0 Å². The van der Waals surface area contributed by atoms with Crippen molar-refractivity contribution >= 4 is 21.7 Å². The van der Waals surface area contributed by atoms with Crippen LogP contribution < -0.4 is 14.8 Å². The quantitative estimate of drug-likeness (QED) is 0.496. The lowest BCUT2D eigenvalue weighted by atomic mass is 10.1. The van der Waals surface area contributed by atoms with E-state index in [0.717, 1.165) is 25.7 Å². The van der Waals surface area contributed by atoms with E-state index < -0.39 is 15.9 Å².